The summed E-state index contributed by atoms with van der Waals surface area (Å²) in [6.07, 6.45) is 3.68. The van der Waals surface area contributed by atoms with Gasteiger partial charge < -0.3 is 15.0 Å². The fraction of sp³-hybridized carbons (Fsp3) is 0.147. The van der Waals surface area contributed by atoms with E-state index in [1.807, 2.05) is 53.4 Å². The van der Waals surface area contributed by atoms with Gasteiger partial charge in [-0.25, -0.2) is 4.39 Å². The van der Waals surface area contributed by atoms with Gasteiger partial charge in [0.1, 0.15) is 11.5 Å². The molecule has 1 fully saturated rings. The van der Waals surface area contributed by atoms with E-state index in [0.29, 0.717) is 21.8 Å². The lowest BCUT2D eigenvalue weighted by molar-refractivity contribution is -0.122. The van der Waals surface area contributed by atoms with Gasteiger partial charge in [-0.2, -0.15) is 0 Å². The number of methoxy groups -OCH3 is 1. The van der Waals surface area contributed by atoms with E-state index in [2.05, 4.69) is 5.32 Å². The average molecular weight is 579 g/mol. The van der Waals surface area contributed by atoms with Crippen molar-refractivity contribution < 1.29 is 23.5 Å². The maximum absolute atomic E-state index is 15.0. The molecule has 0 bridgehead atoms. The second kappa shape index (κ2) is 9.67. The molecule has 3 heterocycles. The van der Waals surface area contributed by atoms with Gasteiger partial charge >= 0.3 is 0 Å². The Balaban J connectivity index is 1.52. The molecule has 0 aliphatic carbocycles. The van der Waals surface area contributed by atoms with Gasteiger partial charge in [-0.05, 0) is 71.3 Å². The molecule has 4 aromatic rings. The number of anilines is 1. The number of hydrogen-bond acceptors (Lipinski definition) is 5. The molecule has 1 amide bonds. The predicted molar refractivity (Wildman–Crippen MR) is 157 cm³/mol. The van der Waals surface area contributed by atoms with Gasteiger partial charge in [0, 0.05) is 28.0 Å². The Morgan fingerprint density at radius 2 is 1.64 bits per heavy atom. The molecule has 1 spiro atoms. The van der Waals surface area contributed by atoms with Crippen molar-refractivity contribution in [3.8, 4) is 5.75 Å². The van der Waals surface area contributed by atoms with E-state index in [9.17, 15) is 18.8 Å². The zero-order chi connectivity index (χ0) is 29.2. The molecule has 8 heteroatoms. The van der Waals surface area contributed by atoms with Crippen LogP contribution in [0.2, 0.25) is 5.02 Å². The van der Waals surface area contributed by atoms with E-state index >= 15 is 0 Å². The van der Waals surface area contributed by atoms with E-state index in [-0.39, 0.29) is 23.0 Å². The molecule has 6 nitrogen and oxygen atoms in total. The van der Waals surface area contributed by atoms with Crippen LogP contribution in [0.4, 0.5) is 10.1 Å². The molecular formula is C34H24ClFN2O4. The zero-order valence-corrected chi connectivity index (χ0v) is 23.1. The van der Waals surface area contributed by atoms with Crippen LogP contribution in [-0.2, 0) is 10.2 Å². The summed E-state index contributed by atoms with van der Waals surface area (Å²) in [6, 6.07) is 23.6. The van der Waals surface area contributed by atoms with Gasteiger partial charge in [0.05, 0.1) is 19.1 Å². The van der Waals surface area contributed by atoms with E-state index < -0.39 is 35.0 Å². The number of fused-ring (bicyclic) bond motifs is 6. The summed E-state index contributed by atoms with van der Waals surface area (Å²) in [4.78, 5) is 45.5. The van der Waals surface area contributed by atoms with Gasteiger partial charge in [0.15, 0.2) is 23.1 Å². The number of benzene rings is 4. The number of ether oxygens (including phenoxy) is 1. The first-order valence-electron chi connectivity index (χ1n) is 13.5. The maximum Gasteiger partial charge on any atom is 0.238 e. The van der Waals surface area contributed by atoms with Crippen LogP contribution in [0.15, 0.2) is 97.2 Å². The van der Waals surface area contributed by atoms with Crippen LogP contribution in [0.5, 0.6) is 5.75 Å². The van der Waals surface area contributed by atoms with Gasteiger partial charge in [0.2, 0.25) is 5.91 Å². The van der Waals surface area contributed by atoms with Crippen LogP contribution in [0.25, 0.3) is 6.08 Å². The topological polar surface area (TPSA) is 75.7 Å². The van der Waals surface area contributed by atoms with Crippen molar-refractivity contribution in [1.82, 2.24) is 4.90 Å². The van der Waals surface area contributed by atoms with Gasteiger partial charge in [-0.15, -0.1) is 0 Å². The van der Waals surface area contributed by atoms with Crippen LogP contribution in [0.3, 0.4) is 0 Å². The third-order valence-electron chi connectivity index (χ3n) is 8.69. The number of carbonyl (C=O) groups excluding carboxylic acids is 3. The lowest BCUT2D eigenvalue weighted by Gasteiger charge is -2.38. The fourth-order valence-corrected chi connectivity index (χ4v) is 7.08. The molecule has 0 unspecified atom stereocenters. The summed E-state index contributed by atoms with van der Waals surface area (Å²) in [6.45, 7) is 0. The molecule has 3 aliphatic heterocycles. The lowest BCUT2D eigenvalue weighted by atomic mass is 9.62. The number of halogens is 2. The highest BCUT2D eigenvalue weighted by atomic mass is 35.5. The minimum absolute atomic E-state index is 0.0142. The van der Waals surface area contributed by atoms with Crippen molar-refractivity contribution >= 4 is 40.8 Å². The normalized spacial score (nSPS) is 23.3. The van der Waals surface area contributed by atoms with Crippen LogP contribution < -0.4 is 10.1 Å². The van der Waals surface area contributed by atoms with Crippen LogP contribution in [0.1, 0.15) is 43.4 Å². The number of para-hydroxylation sites is 1. The predicted octanol–water partition coefficient (Wildman–Crippen LogP) is 6.47. The second-order valence-electron chi connectivity index (χ2n) is 10.7. The zero-order valence-electron chi connectivity index (χ0n) is 22.4. The van der Waals surface area contributed by atoms with E-state index in [0.717, 1.165) is 17.2 Å². The van der Waals surface area contributed by atoms with Crippen molar-refractivity contribution in [3.63, 3.8) is 0 Å². The molecule has 0 radical (unpaired) electrons. The molecule has 4 aromatic carbocycles. The molecule has 1 N–H and O–H groups in total. The second-order valence-corrected chi connectivity index (χ2v) is 11.1. The van der Waals surface area contributed by atoms with Crippen molar-refractivity contribution in [2.24, 2.45) is 5.92 Å². The first-order chi connectivity index (χ1) is 20.4. The fourth-order valence-electron chi connectivity index (χ4n) is 6.95. The van der Waals surface area contributed by atoms with Gasteiger partial charge in [-0.1, -0.05) is 54.1 Å². The minimum atomic E-state index is -1.50. The quantitative estimate of drug-likeness (QED) is 0.275. The molecule has 7 rings (SSSR count). The van der Waals surface area contributed by atoms with Crippen molar-refractivity contribution in [2.75, 3.05) is 12.4 Å². The number of hydrogen-bond donors (Lipinski definition) is 1. The Bertz CT molecular complexity index is 1820. The number of nitrogens with one attached hydrogen (secondary N) is 1. The Morgan fingerprint density at radius 3 is 2.40 bits per heavy atom. The third-order valence-corrected chi connectivity index (χ3v) is 8.94. The number of rotatable bonds is 5. The SMILES string of the molecule is COc1ccc(C(=O)[C@@H]2[C@H](C(=O)c3ccc(Cl)cc3)N3C=Cc4ccccc4[C@H]3[C@@]23C(=O)Nc2ccccc23)cc1F. The molecule has 4 atom stereocenters. The molecule has 1 saturated heterocycles. The highest BCUT2D eigenvalue weighted by Gasteiger charge is 2.70. The summed E-state index contributed by atoms with van der Waals surface area (Å²) in [5.41, 5.74) is 1.78. The Morgan fingerprint density at radius 1 is 0.929 bits per heavy atom. The largest absolute Gasteiger partial charge is 0.494 e. The van der Waals surface area contributed by atoms with Crippen LogP contribution in [0, 0.1) is 11.7 Å². The monoisotopic (exact) mass is 578 g/mol. The highest BCUT2D eigenvalue weighted by molar-refractivity contribution is 6.30. The van der Waals surface area contributed by atoms with E-state index in [1.165, 1.54) is 19.2 Å². The number of Topliss-reactive ketones (excluding diaryl/α,β-unsaturated/α-hetero) is 2. The third kappa shape index (κ3) is 3.59. The standard InChI is InChI=1S/C34H24ClFN2O4/c1-42-27-15-12-21(18-25(27)36)30(39)28-29(31(40)20-10-13-22(35)14-11-20)38-17-16-19-6-2-3-7-23(19)32(38)34(28)24-8-4-5-9-26(24)37-33(34)41/h2-18,28-29,32H,1H3,(H,37,41)/t28-,29+,32-,34-/m0/s1. The summed E-state index contributed by atoms with van der Waals surface area (Å²) in [7, 11) is 1.34. The van der Waals surface area contributed by atoms with Crippen molar-refractivity contribution in [3.05, 3.63) is 136 Å². The average Bonchev–Trinajstić information content (AvgIpc) is 3.49. The Hall–Kier alpha value is -4.75. The summed E-state index contributed by atoms with van der Waals surface area (Å²) in [5.74, 6) is -3.19. The van der Waals surface area contributed by atoms with Crippen LogP contribution in [-0.4, -0.2) is 35.5 Å². The first kappa shape index (κ1) is 26.2. The van der Waals surface area contributed by atoms with Crippen molar-refractivity contribution in [2.45, 2.75) is 17.5 Å². The number of carbonyl (C=O) groups is 3. The molecule has 3 aliphatic rings. The van der Waals surface area contributed by atoms with Gasteiger partial charge in [0.25, 0.3) is 0 Å². The van der Waals surface area contributed by atoms with Crippen LogP contribution >= 0.6 is 11.6 Å². The van der Waals surface area contributed by atoms with Gasteiger partial charge in [-0.3, -0.25) is 14.4 Å². The number of ketones is 2. The summed E-state index contributed by atoms with van der Waals surface area (Å²) >= 11 is 6.13. The van der Waals surface area contributed by atoms with E-state index in [1.54, 1.807) is 36.5 Å². The summed E-state index contributed by atoms with van der Waals surface area (Å²) < 4.78 is 20.0. The molecule has 0 aromatic heterocycles. The number of amides is 1. The summed E-state index contributed by atoms with van der Waals surface area (Å²) in [5, 5.41) is 3.46. The molecule has 208 valence electrons. The smallest absolute Gasteiger partial charge is 0.238 e. The maximum atomic E-state index is 15.0. The highest BCUT2D eigenvalue weighted by Crippen LogP contribution is 2.62. The lowest BCUT2D eigenvalue weighted by Crippen LogP contribution is -2.49. The van der Waals surface area contributed by atoms with E-state index in [4.69, 9.17) is 16.3 Å². The Kier molecular flexibility index (Phi) is 6.02. The molecule has 42 heavy (non-hydrogen) atoms. The first-order valence-corrected chi connectivity index (χ1v) is 13.9. The molecule has 0 saturated carbocycles. The Labute approximate surface area is 246 Å². The number of nitrogens with zero attached hydrogens (tertiary/aromatic N) is 1. The minimum Gasteiger partial charge on any atom is -0.494 e. The molecular weight excluding hydrogens is 555 g/mol. The van der Waals surface area contributed by atoms with Crippen molar-refractivity contribution in [1.29, 1.82) is 0 Å².